The molecule has 1 N–H and O–H groups in total. The lowest BCUT2D eigenvalue weighted by atomic mass is 10.2. The molecule has 0 saturated heterocycles. The summed E-state index contributed by atoms with van der Waals surface area (Å²) in [4.78, 5) is 3.68. The van der Waals surface area contributed by atoms with Gasteiger partial charge in [-0.25, -0.2) is 13.4 Å². The Labute approximate surface area is 135 Å². The van der Waals surface area contributed by atoms with Crippen LogP contribution in [0, 0.1) is 6.92 Å². The van der Waals surface area contributed by atoms with Crippen LogP contribution < -0.4 is 4.72 Å². The van der Waals surface area contributed by atoms with E-state index in [0.29, 0.717) is 5.69 Å². The van der Waals surface area contributed by atoms with Crippen LogP contribution in [0.3, 0.4) is 0 Å². The van der Waals surface area contributed by atoms with Crippen molar-refractivity contribution in [3.8, 4) is 0 Å². The van der Waals surface area contributed by atoms with Crippen LogP contribution in [0.25, 0.3) is 0 Å². The lowest BCUT2D eigenvalue weighted by Crippen LogP contribution is -2.13. The molecule has 0 saturated carbocycles. The van der Waals surface area contributed by atoms with Gasteiger partial charge in [0.2, 0.25) is 0 Å². The van der Waals surface area contributed by atoms with Crippen LogP contribution in [0.2, 0.25) is 10.2 Å². The molecule has 1 aromatic carbocycles. The number of pyridine rings is 1. The maximum atomic E-state index is 12.2. The SMILES string of the molecule is Cc1cc(Br)cc(NS(=O)(=O)c2cnc(Cl)c(Cl)c2)c1. The van der Waals surface area contributed by atoms with E-state index in [1.165, 1.54) is 6.07 Å². The third-order valence-corrected chi connectivity index (χ3v) is 4.87. The van der Waals surface area contributed by atoms with Crippen molar-refractivity contribution in [2.45, 2.75) is 11.8 Å². The first-order valence-electron chi connectivity index (χ1n) is 5.39. The predicted molar refractivity (Wildman–Crippen MR) is 83.9 cm³/mol. The van der Waals surface area contributed by atoms with E-state index in [1.54, 1.807) is 12.1 Å². The minimum Gasteiger partial charge on any atom is -0.280 e. The van der Waals surface area contributed by atoms with Gasteiger partial charge in [0.1, 0.15) is 10.0 Å². The molecule has 0 aliphatic rings. The number of nitrogens with zero attached hydrogens (tertiary/aromatic N) is 1. The molecule has 0 atom stereocenters. The van der Waals surface area contributed by atoms with E-state index < -0.39 is 10.0 Å². The van der Waals surface area contributed by atoms with Gasteiger partial charge < -0.3 is 0 Å². The first-order chi connectivity index (χ1) is 9.28. The van der Waals surface area contributed by atoms with Gasteiger partial charge in [-0.2, -0.15) is 0 Å². The van der Waals surface area contributed by atoms with E-state index in [0.717, 1.165) is 16.2 Å². The number of benzene rings is 1. The fourth-order valence-corrected chi connectivity index (χ4v) is 3.51. The van der Waals surface area contributed by atoms with Crippen molar-refractivity contribution in [2.75, 3.05) is 4.72 Å². The smallest absolute Gasteiger partial charge is 0.263 e. The normalized spacial score (nSPS) is 11.4. The Morgan fingerprint density at radius 1 is 1.20 bits per heavy atom. The summed E-state index contributed by atoms with van der Waals surface area (Å²) in [6.07, 6.45) is 1.15. The molecule has 0 amide bonds. The summed E-state index contributed by atoms with van der Waals surface area (Å²) in [6.45, 7) is 1.86. The first-order valence-corrected chi connectivity index (χ1v) is 8.42. The Balaban J connectivity index is 2.37. The molecular formula is C12H9BrCl2N2O2S. The van der Waals surface area contributed by atoms with Gasteiger partial charge in [-0.1, -0.05) is 39.1 Å². The number of halogens is 3. The minimum atomic E-state index is -3.76. The summed E-state index contributed by atoms with van der Waals surface area (Å²) >= 11 is 14.8. The number of nitrogens with one attached hydrogen (secondary N) is 1. The molecule has 0 aliphatic carbocycles. The molecule has 2 rings (SSSR count). The van der Waals surface area contributed by atoms with Gasteiger partial charge in [-0.05, 0) is 36.8 Å². The number of anilines is 1. The zero-order chi connectivity index (χ0) is 14.9. The van der Waals surface area contributed by atoms with Crippen molar-refractivity contribution in [3.05, 3.63) is 50.7 Å². The molecule has 106 valence electrons. The maximum absolute atomic E-state index is 12.2. The highest BCUT2D eigenvalue weighted by molar-refractivity contribution is 9.10. The number of rotatable bonds is 3. The van der Waals surface area contributed by atoms with E-state index in [9.17, 15) is 8.42 Å². The van der Waals surface area contributed by atoms with Crippen LogP contribution in [0.5, 0.6) is 0 Å². The molecule has 0 fully saturated rings. The fraction of sp³-hybridized carbons (Fsp3) is 0.0833. The van der Waals surface area contributed by atoms with Gasteiger partial charge in [0.25, 0.3) is 10.0 Å². The van der Waals surface area contributed by atoms with E-state index in [4.69, 9.17) is 23.2 Å². The van der Waals surface area contributed by atoms with Crippen LogP contribution in [0.15, 0.2) is 39.8 Å². The van der Waals surface area contributed by atoms with Gasteiger partial charge in [0.05, 0.1) is 10.7 Å². The molecule has 0 bridgehead atoms. The predicted octanol–water partition coefficient (Wildman–Crippen LogP) is 4.26. The van der Waals surface area contributed by atoms with E-state index >= 15 is 0 Å². The average Bonchev–Trinajstić information content (AvgIpc) is 2.30. The molecule has 0 spiro atoms. The molecule has 1 heterocycles. The van der Waals surface area contributed by atoms with Crippen LogP contribution in [0.4, 0.5) is 5.69 Å². The van der Waals surface area contributed by atoms with Gasteiger partial charge in [-0.15, -0.1) is 0 Å². The third kappa shape index (κ3) is 3.63. The largest absolute Gasteiger partial charge is 0.280 e. The monoisotopic (exact) mass is 394 g/mol. The zero-order valence-electron chi connectivity index (χ0n) is 10.2. The summed E-state index contributed by atoms with van der Waals surface area (Å²) in [5, 5.41) is 0.142. The van der Waals surface area contributed by atoms with E-state index in [2.05, 4.69) is 25.6 Å². The van der Waals surface area contributed by atoms with Gasteiger partial charge >= 0.3 is 0 Å². The van der Waals surface area contributed by atoms with Crippen LogP contribution >= 0.6 is 39.1 Å². The third-order valence-electron chi connectivity index (χ3n) is 2.38. The van der Waals surface area contributed by atoms with Gasteiger partial charge in [0, 0.05) is 10.7 Å². The Hall–Kier alpha value is -0.820. The number of aryl methyl sites for hydroxylation is 1. The van der Waals surface area contributed by atoms with Crippen LogP contribution in [-0.4, -0.2) is 13.4 Å². The second-order valence-electron chi connectivity index (χ2n) is 4.07. The molecule has 0 unspecified atom stereocenters. The zero-order valence-corrected chi connectivity index (χ0v) is 14.1. The summed E-state index contributed by atoms with van der Waals surface area (Å²) in [6, 6.07) is 6.51. The first kappa shape index (κ1) is 15.6. The summed E-state index contributed by atoms with van der Waals surface area (Å²) < 4.78 is 27.7. The lowest BCUT2D eigenvalue weighted by molar-refractivity contribution is 0.601. The van der Waals surface area contributed by atoms with Crippen molar-refractivity contribution in [1.29, 1.82) is 0 Å². The molecule has 4 nitrogen and oxygen atoms in total. The van der Waals surface area contributed by atoms with E-state index in [-0.39, 0.29) is 15.1 Å². The summed E-state index contributed by atoms with van der Waals surface area (Å²) in [5.74, 6) is 0. The quantitative estimate of drug-likeness (QED) is 0.789. The Bertz CT molecular complexity index is 746. The number of hydrogen-bond donors (Lipinski definition) is 1. The molecule has 20 heavy (non-hydrogen) atoms. The molecule has 0 aliphatic heterocycles. The second kappa shape index (κ2) is 5.89. The minimum absolute atomic E-state index is 0.0514. The number of hydrogen-bond acceptors (Lipinski definition) is 3. The van der Waals surface area contributed by atoms with Crippen molar-refractivity contribution in [2.24, 2.45) is 0 Å². The van der Waals surface area contributed by atoms with Crippen molar-refractivity contribution in [1.82, 2.24) is 4.98 Å². The van der Waals surface area contributed by atoms with Crippen molar-refractivity contribution < 1.29 is 8.42 Å². The number of sulfonamides is 1. The topological polar surface area (TPSA) is 59.1 Å². The van der Waals surface area contributed by atoms with Gasteiger partial charge in [-0.3, -0.25) is 4.72 Å². The lowest BCUT2D eigenvalue weighted by Gasteiger charge is -2.09. The average molecular weight is 396 g/mol. The molecule has 2 aromatic rings. The standard InChI is InChI=1S/C12H9BrCl2N2O2S/c1-7-2-8(13)4-9(3-7)17-20(18,19)10-5-11(14)12(15)16-6-10/h2-6,17H,1H3. The molecule has 0 radical (unpaired) electrons. The van der Waals surface area contributed by atoms with Crippen molar-refractivity contribution >= 4 is 54.8 Å². The second-order valence-corrected chi connectivity index (χ2v) is 7.43. The van der Waals surface area contributed by atoms with Gasteiger partial charge in [0.15, 0.2) is 0 Å². The molecule has 1 aromatic heterocycles. The Morgan fingerprint density at radius 2 is 1.90 bits per heavy atom. The fourth-order valence-electron chi connectivity index (χ4n) is 1.56. The summed E-state index contributed by atoms with van der Waals surface area (Å²) in [5.41, 5.74) is 1.37. The van der Waals surface area contributed by atoms with Crippen LogP contribution in [-0.2, 0) is 10.0 Å². The van der Waals surface area contributed by atoms with Crippen molar-refractivity contribution in [3.63, 3.8) is 0 Å². The van der Waals surface area contributed by atoms with Crippen LogP contribution in [0.1, 0.15) is 5.56 Å². The highest BCUT2D eigenvalue weighted by Gasteiger charge is 2.16. The highest BCUT2D eigenvalue weighted by Crippen LogP contribution is 2.25. The Morgan fingerprint density at radius 3 is 2.50 bits per heavy atom. The molecular weight excluding hydrogens is 387 g/mol. The number of aromatic nitrogens is 1. The molecule has 8 heteroatoms. The van der Waals surface area contributed by atoms with E-state index in [1.807, 2.05) is 13.0 Å². The maximum Gasteiger partial charge on any atom is 0.263 e. The highest BCUT2D eigenvalue weighted by atomic mass is 79.9. The summed E-state index contributed by atoms with van der Waals surface area (Å²) in [7, 11) is -3.76. The Kier molecular flexibility index (Phi) is 4.59.